The highest BCUT2D eigenvalue weighted by molar-refractivity contribution is 7.80. The number of hydrogen-bond donors (Lipinski definition) is 5. The van der Waals surface area contributed by atoms with Crippen LogP contribution in [0, 0.1) is 5.41 Å². The molecule has 0 aromatic heterocycles. The second-order valence-electron chi connectivity index (χ2n) is 9.68. The highest BCUT2D eigenvalue weighted by atomic mass is 32.3. The van der Waals surface area contributed by atoms with Gasteiger partial charge >= 0.3 is 5.97 Å². The fraction of sp³-hybridized carbons (Fsp3) is 0.800. The molecule has 202 valence electrons. The van der Waals surface area contributed by atoms with E-state index in [0.717, 1.165) is 0 Å². The van der Waals surface area contributed by atoms with Crippen molar-refractivity contribution in [3.05, 3.63) is 11.8 Å². The SMILES string of the molecule is CC(=O)NC1[C@@H](O)[C@](C)(COC[C@@]2(C)OC(C(=O)O)=C[C@H](O)C2OS(=O)(=O)[O-])C(CO)OC1(C)C. The van der Waals surface area contributed by atoms with E-state index in [1.54, 1.807) is 13.8 Å². The van der Waals surface area contributed by atoms with Crippen molar-refractivity contribution in [1.82, 2.24) is 5.32 Å². The van der Waals surface area contributed by atoms with Gasteiger partial charge in [-0.05, 0) is 26.8 Å². The first-order valence-corrected chi connectivity index (χ1v) is 12.0. The minimum absolute atomic E-state index is 0.358. The van der Waals surface area contributed by atoms with Crippen LogP contribution >= 0.6 is 0 Å². The van der Waals surface area contributed by atoms with Crippen molar-refractivity contribution in [3.63, 3.8) is 0 Å². The fourth-order valence-corrected chi connectivity index (χ4v) is 4.93. The van der Waals surface area contributed by atoms with Gasteiger partial charge in [0.1, 0.15) is 12.2 Å². The zero-order valence-corrected chi connectivity index (χ0v) is 20.8. The zero-order valence-electron chi connectivity index (χ0n) is 20.0. The summed E-state index contributed by atoms with van der Waals surface area (Å²) in [6.45, 7) is 5.73. The van der Waals surface area contributed by atoms with Crippen LogP contribution < -0.4 is 5.32 Å². The molecule has 3 unspecified atom stereocenters. The zero-order chi connectivity index (χ0) is 27.0. The maximum absolute atomic E-state index is 11.7. The Morgan fingerprint density at radius 1 is 1.20 bits per heavy atom. The molecule has 0 aromatic rings. The summed E-state index contributed by atoms with van der Waals surface area (Å²) in [5.41, 5.74) is -4.36. The third-order valence-electron chi connectivity index (χ3n) is 6.26. The quantitative estimate of drug-likeness (QED) is 0.162. The average Bonchev–Trinajstić information content (AvgIpc) is 2.70. The van der Waals surface area contributed by atoms with E-state index < -0.39 is 88.3 Å². The number of carbonyl (C=O) groups is 2. The molecule has 14 nitrogen and oxygen atoms in total. The first kappa shape index (κ1) is 29.4. The molecule has 2 aliphatic heterocycles. The smallest absolute Gasteiger partial charge is 0.370 e. The number of carboxylic acid groups (broad SMARTS) is 1. The highest BCUT2D eigenvalue weighted by Gasteiger charge is 2.57. The highest BCUT2D eigenvalue weighted by Crippen LogP contribution is 2.42. The van der Waals surface area contributed by atoms with Gasteiger partial charge in [-0.25, -0.2) is 13.2 Å². The first-order valence-electron chi connectivity index (χ1n) is 10.6. The van der Waals surface area contributed by atoms with Crippen LogP contribution in [0.3, 0.4) is 0 Å². The number of aliphatic hydroxyl groups excluding tert-OH is 3. The molecule has 0 radical (unpaired) electrons. The lowest BCUT2D eigenvalue weighted by Gasteiger charge is -2.54. The summed E-state index contributed by atoms with van der Waals surface area (Å²) in [4.78, 5) is 23.1. The molecule has 2 aliphatic rings. The Hall–Kier alpha value is -1.85. The van der Waals surface area contributed by atoms with E-state index in [-0.39, 0.29) is 6.61 Å². The van der Waals surface area contributed by atoms with Crippen LogP contribution in [0.5, 0.6) is 0 Å². The number of ether oxygens (including phenoxy) is 3. The largest absolute Gasteiger partial charge is 0.726 e. The third-order valence-corrected chi connectivity index (χ3v) is 6.70. The molecule has 0 aromatic carbocycles. The summed E-state index contributed by atoms with van der Waals surface area (Å²) in [7, 11) is -5.33. The lowest BCUT2D eigenvalue weighted by atomic mass is 9.70. The van der Waals surface area contributed by atoms with Gasteiger partial charge in [0.2, 0.25) is 22.1 Å². The van der Waals surface area contributed by atoms with Gasteiger partial charge in [0, 0.05) is 12.3 Å². The predicted molar refractivity (Wildman–Crippen MR) is 114 cm³/mol. The molecule has 0 aliphatic carbocycles. The number of aliphatic hydroxyl groups is 3. The van der Waals surface area contributed by atoms with Gasteiger partial charge < -0.3 is 44.5 Å². The van der Waals surface area contributed by atoms with Gasteiger partial charge in [-0.3, -0.25) is 8.98 Å². The molecule has 7 atom stereocenters. The summed E-state index contributed by atoms with van der Waals surface area (Å²) < 4.78 is 54.9. The van der Waals surface area contributed by atoms with Gasteiger partial charge in [0.05, 0.1) is 43.7 Å². The summed E-state index contributed by atoms with van der Waals surface area (Å²) >= 11 is 0. The van der Waals surface area contributed by atoms with Crippen molar-refractivity contribution in [2.45, 2.75) is 76.3 Å². The Bertz CT molecular complexity index is 951. The Balaban J connectivity index is 2.30. The monoisotopic (exact) mass is 526 g/mol. The standard InChI is InChI=1S/C20H33NO13S/c1-10(23)21-14-15(25)19(4,13(7-22)33-18(14,2)3)8-31-9-20(5)16(34-35(28,29)30)11(24)6-12(32-20)17(26)27/h6,11,13-16,22,24-25H,7-9H2,1-5H3,(H,21,23)(H,26,27)(H,28,29,30)/p-1/t11-,13?,14?,15+,16?,19+,20+/m0/s1. The third kappa shape index (κ3) is 6.48. The van der Waals surface area contributed by atoms with E-state index in [9.17, 15) is 43.0 Å². The molecule has 5 N–H and O–H groups in total. The van der Waals surface area contributed by atoms with Gasteiger partial charge in [0.15, 0.2) is 5.60 Å². The molecular weight excluding hydrogens is 494 g/mol. The maximum Gasteiger partial charge on any atom is 0.370 e. The number of nitrogens with one attached hydrogen (secondary N) is 1. The molecule has 1 amide bonds. The van der Waals surface area contributed by atoms with Crippen LogP contribution in [0.1, 0.15) is 34.6 Å². The van der Waals surface area contributed by atoms with E-state index in [2.05, 4.69) is 9.50 Å². The molecule has 1 saturated heterocycles. The topological polar surface area (TPSA) is 221 Å². The number of aliphatic carboxylic acids is 1. The second kappa shape index (κ2) is 10.3. The molecule has 0 bridgehead atoms. The van der Waals surface area contributed by atoms with Gasteiger partial charge in [0.25, 0.3) is 0 Å². The Labute approximate surface area is 202 Å². The van der Waals surface area contributed by atoms with Crippen LogP contribution in [-0.4, -0.2) is 107 Å². The number of carboxylic acids is 1. The van der Waals surface area contributed by atoms with Gasteiger partial charge in [-0.15, -0.1) is 0 Å². The van der Waals surface area contributed by atoms with Crippen molar-refractivity contribution in [1.29, 1.82) is 0 Å². The summed E-state index contributed by atoms with van der Waals surface area (Å²) in [5, 5.41) is 43.2. The molecule has 15 heteroatoms. The normalized spacial score (nSPS) is 37.2. The molecule has 0 saturated carbocycles. The minimum atomic E-state index is -5.33. The summed E-state index contributed by atoms with van der Waals surface area (Å²) in [6.07, 6.45) is -5.27. The molecule has 2 rings (SSSR count). The molecule has 0 spiro atoms. The van der Waals surface area contributed by atoms with Crippen molar-refractivity contribution in [2.75, 3.05) is 19.8 Å². The average molecular weight is 527 g/mol. The lowest BCUT2D eigenvalue weighted by Crippen LogP contribution is -2.70. The van der Waals surface area contributed by atoms with Crippen molar-refractivity contribution in [2.24, 2.45) is 5.41 Å². The van der Waals surface area contributed by atoms with Crippen LogP contribution in [0.4, 0.5) is 0 Å². The van der Waals surface area contributed by atoms with E-state index >= 15 is 0 Å². The van der Waals surface area contributed by atoms with Crippen LogP contribution in [0.25, 0.3) is 0 Å². The second-order valence-corrected chi connectivity index (χ2v) is 10.7. The van der Waals surface area contributed by atoms with Crippen molar-refractivity contribution < 1.29 is 61.4 Å². The Kier molecular flexibility index (Phi) is 8.61. The van der Waals surface area contributed by atoms with Crippen LogP contribution in [0.15, 0.2) is 11.8 Å². The molecule has 2 heterocycles. The van der Waals surface area contributed by atoms with Crippen LogP contribution in [-0.2, 0) is 38.4 Å². The van der Waals surface area contributed by atoms with Gasteiger partial charge in [-0.2, -0.15) is 0 Å². The predicted octanol–water partition coefficient (Wildman–Crippen LogP) is -1.99. The lowest BCUT2D eigenvalue weighted by molar-refractivity contribution is -0.257. The summed E-state index contributed by atoms with van der Waals surface area (Å²) in [6, 6.07) is -0.900. The fourth-order valence-electron chi connectivity index (χ4n) is 4.35. The van der Waals surface area contributed by atoms with E-state index in [0.29, 0.717) is 6.08 Å². The van der Waals surface area contributed by atoms with E-state index in [4.69, 9.17) is 14.2 Å². The Morgan fingerprint density at radius 3 is 2.29 bits per heavy atom. The number of rotatable bonds is 9. The number of amides is 1. The molecule has 1 fully saturated rings. The summed E-state index contributed by atoms with van der Waals surface area (Å²) in [5.74, 6) is -2.72. The van der Waals surface area contributed by atoms with Crippen molar-refractivity contribution in [3.8, 4) is 0 Å². The molecule has 35 heavy (non-hydrogen) atoms. The van der Waals surface area contributed by atoms with Gasteiger partial charge in [-0.1, -0.05) is 6.92 Å². The first-order chi connectivity index (χ1) is 15.9. The van der Waals surface area contributed by atoms with E-state index in [1.165, 1.54) is 20.8 Å². The molecular formula is C20H32NO13S-. The number of hydrogen-bond acceptors (Lipinski definition) is 12. The van der Waals surface area contributed by atoms with E-state index in [1.807, 2.05) is 0 Å². The number of carbonyl (C=O) groups excluding carboxylic acids is 1. The minimum Gasteiger partial charge on any atom is -0.726 e. The van der Waals surface area contributed by atoms with Crippen LogP contribution in [0.2, 0.25) is 0 Å². The van der Waals surface area contributed by atoms with Crippen molar-refractivity contribution >= 4 is 22.3 Å². The Morgan fingerprint density at radius 2 is 1.80 bits per heavy atom. The maximum atomic E-state index is 11.7.